The lowest BCUT2D eigenvalue weighted by Crippen LogP contribution is -2.38. The maximum atomic E-state index is 13.1. The minimum absolute atomic E-state index is 0.0537. The van der Waals surface area contributed by atoms with Crippen LogP contribution in [-0.2, 0) is 23.7 Å². The molecule has 3 aromatic rings. The van der Waals surface area contributed by atoms with Gasteiger partial charge in [0.05, 0.1) is 23.4 Å². The van der Waals surface area contributed by atoms with Gasteiger partial charge in [-0.25, -0.2) is 0 Å². The normalized spacial score (nSPS) is 13.8. The molecule has 1 heterocycles. The van der Waals surface area contributed by atoms with Gasteiger partial charge in [-0.3, -0.25) is 9.59 Å². The number of ether oxygens (including phenoxy) is 1. The van der Waals surface area contributed by atoms with Gasteiger partial charge >= 0.3 is 12.4 Å². The number of fused-ring (bicyclic) bond motifs is 1. The third-order valence-electron chi connectivity index (χ3n) is 5.19. The molecule has 1 N–H and O–H groups in total. The molecular formula is C24H16F6N2O3. The third-order valence-corrected chi connectivity index (χ3v) is 5.19. The molecule has 0 radical (unpaired) electrons. The average Bonchev–Trinajstić information content (AvgIpc) is 2.80. The molecule has 0 fully saturated rings. The topological polar surface area (TPSA) is 58.6 Å². The molecule has 1 aliphatic heterocycles. The maximum absolute atomic E-state index is 13.1. The van der Waals surface area contributed by atoms with Crippen molar-refractivity contribution in [3.8, 4) is 5.75 Å². The van der Waals surface area contributed by atoms with Crippen LogP contribution in [0.3, 0.4) is 0 Å². The number of benzene rings is 3. The van der Waals surface area contributed by atoms with Crippen molar-refractivity contribution in [3.63, 3.8) is 0 Å². The molecule has 3 aromatic carbocycles. The number of rotatable bonds is 4. The van der Waals surface area contributed by atoms with Crippen LogP contribution in [0.4, 0.5) is 37.7 Å². The summed E-state index contributed by atoms with van der Waals surface area (Å²) < 4.78 is 84.0. The molecule has 0 saturated carbocycles. The fourth-order valence-corrected chi connectivity index (χ4v) is 3.51. The van der Waals surface area contributed by atoms with Crippen LogP contribution in [0.1, 0.15) is 27.0 Å². The van der Waals surface area contributed by atoms with E-state index in [0.29, 0.717) is 17.8 Å². The molecule has 0 unspecified atom stereocenters. The lowest BCUT2D eigenvalue weighted by Gasteiger charge is -2.29. The number of anilines is 2. The zero-order valence-corrected chi connectivity index (χ0v) is 17.7. The number of halogens is 6. The number of amides is 2. The minimum Gasteiger partial charge on any atom is -0.481 e. The van der Waals surface area contributed by atoms with Crippen LogP contribution in [0.5, 0.6) is 5.75 Å². The Morgan fingerprint density at radius 3 is 2.11 bits per heavy atom. The van der Waals surface area contributed by atoms with E-state index >= 15 is 0 Å². The monoisotopic (exact) mass is 494 g/mol. The van der Waals surface area contributed by atoms with Gasteiger partial charge in [0.2, 0.25) is 0 Å². The number of hydrogen-bond donors (Lipinski definition) is 1. The molecule has 0 atom stereocenters. The van der Waals surface area contributed by atoms with Crippen LogP contribution in [0.15, 0.2) is 66.7 Å². The van der Waals surface area contributed by atoms with Crippen LogP contribution in [0, 0.1) is 0 Å². The van der Waals surface area contributed by atoms with Gasteiger partial charge in [0.25, 0.3) is 11.8 Å². The van der Waals surface area contributed by atoms with E-state index in [-0.39, 0.29) is 36.6 Å². The Hall–Kier alpha value is -4.02. The third kappa shape index (κ3) is 5.39. The summed E-state index contributed by atoms with van der Waals surface area (Å²) >= 11 is 0. The van der Waals surface area contributed by atoms with Crippen molar-refractivity contribution in [2.75, 3.05) is 16.8 Å². The molecular weight excluding hydrogens is 478 g/mol. The summed E-state index contributed by atoms with van der Waals surface area (Å²) in [5, 5.41) is 2.28. The first kappa shape index (κ1) is 24.1. The number of carbonyl (C=O) groups is 2. The molecule has 4 rings (SSSR count). The van der Waals surface area contributed by atoms with Gasteiger partial charge in [-0.1, -0.05) is 30.3 Å². The van der Waals surface area contributed by atoms with Crippen LogP contribution >= 0.6 is 0 Å². The molecule has 0 spiro atoms. The molecule has 0 aromatic heterocycles. The molecule has 11 heteroatoms. The Balaban J connectivity index is 1.60. The van der Waals surface area contributed by atoms with Crippen molar-refractivity contribution in [3.05, 3.63) is 89.0 Å². The first-order valence-corrected chi connectivity index (χ1v) is 10.1. The highest BCUT2D eigenvalue weighted by Gasteiger charge is 2.37. The van der Waals surface area contributed by atoms with Gasteiger partial charge in [-0.15, -0.1) is 0 Å². The van der Waals surface area contributed by atoms with E-state index in [4.69, 9.17) is 4.74 Å². The van der Waals surface area contributed by atoms with E-state index in [1.165, 1.54) is 23.1 Å². The predicted octanol–water partition coefficient (Wildman–Crippen LogP) is 5.90. The quantitative estimate of drug-likeness (QED) is 0.460. The second-order valence-corrected chi connectivity index (χ2v) is 7.69. The Labute approximate surface area is 194 Å². The van der Waals surface area contributed by atoms with Crippen LogP contribution in [0.2, 0.25) is 0 Å². The molecule has 1 aliphatic rings. The lowest BCUT2D eigenvalue weighted by molar-refractivity contribution is -0.143. The van der Waals surface area contributed by atoms with Crippen LogP contribution in [0.25, 0.3) is 0 Å². The summed E-state index contributed by atoms with van der Waals surface area (Å²) in [5.41, 5.74) is -2.68. The van der Waals surface area contributed by atoms with E-state index < -0.39 is 35.0 Å². The van der Waals surface area contributed by atoms with Gasteiger partial charge in [0.1, 0.15) is 5.75 Å². The fourth-order valence-electron chi connectivity index (χ4n) is 3.51. The number of hydrogen-bond acceptors (Lipinski definition) is 3. The zero-order valence-electron chi connectivity index (χ0n) is 17.7. The van der Waals surface area contributed by atoms with Crippen molar-refractivity contribution in [2.24, 2.45) is 0 Å². The maximum Gasteiger partial charge on any atom is 0.416 e. The molecule has 0 aliphatic carbocycles. The Morgan fingerprint density at radius 1 is 0.886 bits per heavy atom. The highest BCUT2D eigenvalue weighted by Crippen LogP contribution is 2.38. The number of alkyl halides is 6. The fraction of sp³-hybridized carbons (Fsp3) is 0.167. The van der Waals surface area contributed by atoms with E-state index in [1.807, 2.05) is 30.3 Å². The Bertz CT molecular complexity index is 1240. The van der Waals surface area contributed by atoms with Crippen molar-refractivity contribution >= 4 is 23.2 Å². The number of nitrogens with zero attached hydrogens (tertiary/aromatic N) is 1. The summed E-state index contributed by atoms with van der Waals surface area (Å²) in [6.45, 7) is -0.0218. The lowest BCUT2D eigenvalue weighted by atomic mass is 10.0. The highest BCUT2D eigenvalue weighted by atomic mass is 19.4. The number of carbonyl (C=O) groups excluding carboxylic acids is 2. The van der Waals surface area contributed by atoms with E-state index in [2.05, 4.69) is 5.32 Å². The van der Waals surface area contributed by atoms with Gasteiger partial charge in [-0.2, -0.15) is 26.3 Å². The highest BCUT2D eigenvalue weighted by molar-refractivity contribution is 6.05. The van der Waals surface area contributed by atoms with Crippen molar-refractivity contribution in [2.45, 2.75) is 18.9 Å². The second kappa shape index (κ2) is 8.97. The average molecular weight is 494 g/mol. The standard InChI is InChI=1S/C24H16F6N2O3/c25-23(26,27)16-8-15(9-17(10-16)24(28,29)30)22(34)31-18-6-7-19-20(11-18)35-13-21(33)32(19)12-14-4-2-1-3-5-14/h1-11H,12-13H2,(H,31,34). The molecule has 182 valence electrons. The van der Waals surface area contributed by atoms with Crippen LogP contribution < -0.4 is 15.0 Å². The molecule has 2 amide bonds. The summed E-state index contributed by atoms with van der Waals surface area (Å²) in [5.74, 6) is -1.25. The first-order valence-electron chi connectivity index (χ1n) is 10.1. The largest absolute Gasteiger partial charge is 0.481 e. The van der Waals surface area contributed by atoms with E-state index in [9.17, 15) is 35.9 Å². The second-order valence-electron chi connectivity index (χ2n) is 7.69. The smallest absolute Gasteiger partial charge is 0.416 e. The summed E-state index contributed by atoms with van der Waals surface area (Å²) in [4.78, 5) is 26.4. The van der Waals surface area contributed by atoms with Crippen molar-refractivity contribution in [1.82, 2.24) is 0 Å². The van der Waals surface area contributed by atoms with E-state index in [0.717, 1.165) is 5.56 Å². The van der Waals surface area contributed by atoms with Gasteiger partial charge < -0.3 is 15.0 Å². The predicted molar refractivity (Wildman–Crippen MR) is 114 cm³/mol. The van der Waals surface area contributed by atoms with E-state index in [1.54, 1.807) is 0 Å². The SMILES string of the molecule is O=C(Nc1ccc2c(c1)OCC(=O)N2Cc1ccccc1)c1cc(C(F)(F)F)cc(C(F)(F)F)c1. The van der Waals surface area contributed by atoms with Gasteiger partial charge in [0, 0.05) is 17.3 Å². The Kier molecular flexibility index (Phi) is 6.18. The minimum atomic E-state index is -5.08. The van der Waals surface area contributed by atoms with Crippen molar-refractivity contribution < 1.29 is 40.7 Å². The van der Waals surface area contributed by atoms with Gasteiger partial charge in [0.15, 0.2) is 6.61 Å². The molecule has 5 nitrogen and oxygen atoms in total. The first-order chi connectivity index (χ1) is 16.4. The summed E-state index contributed by atoms with van der Waals surface area (Å²) in [6, 6.07) is 14.0. The summed E-state index contributed by atoms with van der Waals surface area (Å²) in [7, 11) is 0. The van der Waals surface area contributed by atoms with Gasteiger partial charge in [-0.05, 0) is 35.9 Å². The zero-order chi connectivity index (χ0) is 25.4. The molecule has 0 bridgehead atoms. The molecule has 35 heavy (non-hydrogen) atoms. The number of nitrogens with one attached hydrogen (secondary N) is 1. The van der Waals surface area contributed by atoms with Crippen molar-refractivity contribution in [1.29, 1.82) is 0 Å². The Morgan fingerprint density at radius 2 is 1.51 bits per heavy atom. The summed E-state index contributed by atoms with van der Waals surface area (Å²) in [6.07, 6.45) is -10.2. The van der Waals surface area contributed by atoms with Crippen LogP contribution in [-0.4, -0.2) is 18.4 Å². The molecule has 0 saturated heterocycles.